The van der Waals surface area contributed by atoms with Crippen molar-refractivity contribution in [3.8, 4) is 5.88 Å². The molecule has 0 unspecified atom stereocenters. The lowest BCUT2D eigenvalue weighted by Gasteiger charge is -2.22. The molecule has 1 N–H and O–H groups in total. The van der Waals surface area contributed by atoms with Crippen LogP contribution in [-0.4, -0.2) is 39.8 Å². The monoisotopic (exact) mass is 394 g/mol. The first-order valence-corrected chi connectivity index (χ1v) is 10.2. The van der Waals surface area contributed by atoms with Crippen molar-refractivity contribution in [1.29, 1.82) is 0 Å². The zero-order valence-electron chi connectivity index (χ0n) is 16.7. The molecule has 0 atom stereocenters. The molecule has 1 fully saturated rings. The van der Waals surface area contributed by atoms with Crippen LogP contribution in [0.5, 0.6) is 5.88 Å². The van der Waals surface area contributed by atoms with Crippen molar-refractivity contribution in [3.05, 3.63) is 53.0 Å². The highest BCUT2D eigenvalue weighted by molar-refractivity contribution is 5.98. The normalized spacial score (nSPS) is 16.2. The van der Waals surface area contributed by atoms with Crippen LogP contribution in [0.1, 0.15) is 59.3 Å². The van der Waals surface area contributed by atoms with Gasteiger partial charge in [0.2, 0.25) is 11.8 Å². The third kappa shape index (κ3) is 4.23. The number of aromatic nitrogens is 2. The van der Waals surface area contributed by atoms with Gasteiger partial charge < -0.3 is 15.0 Å². The Morgan fingerprint density at radius 3 is 2.76 bits per heavy atom. The zero-order chi connectivity index (χ0) is 20.2. The predicted molar refractivity (Wildman–Crippen MR) is 107 cm³/mol. The van der Waals surface area contributed by atoms with Crippen LogP contribution in [0, 0.1) is 0 Å². The molecule has 0 radical (unpaired) electrons. The standard InChI is InChI=1S/C22H26N4O3/c1-29-21-16(13-24-20(27)7-6-15-8-10-23-11-9-15)12-18-19(25-21)14-26(22(18)28)17-4-2-3-5-17/h8-12,17H,2-7,13-14H2,1H3,(H,24,27). The first kappa shape index (κ1) is 19.4. The Hall–Kier alpha value is -2.96. The maximum absolute atomic E-state index is 12.9. The Morgan fingerprint density at radius 2 is 2.03 bits per heavy atom. The number of amides is 2. The summed E-state index contributed by atoms with van der Waals surface area (Å²) in [7, 11) is 1.56. The fourth-order valence-corrected chi connectivity index (χ4v) is 4.17. The van der Waals surface area contributed by atoms with Gasteiger partial charge in [0, 0.05) is 37.0 Å². The highest BCUT2D eigenvalue weighted by Crippen LogP contribution is 2.33. The van der Waals surface area contributed by atoms with Gasteiger partial charge in [0.05, 0.1) is 24.9 Å². The van der Waals surface area contributed by atoms with Crippen molar-refractivity contribution in [3.63, 3.8) is 0 Å². The minimum atomic E-state index is -0.0525. The summed E-state index contributed by atoms with van der Waals surface area (Å²) in [6, 6.07) is 5.96. The van der Waals surface area contributed by atoms with Gasteiger partial charge in [0.25, 0.3) is 5.91 Å². The van der Waals surface area contributed by atoms with Crippen LogP contribution in [0.4, 0.5) is 0 Å². The number of fused-ring (bicyclic) bond motifs is 1. The average Bonchev–Trinajstić information content (AvgIpc) is 3.39. The molecule has 0 aromatic carbocycles. The van der Waals surface area contributed by atoms with Gasteiger partial charge in [0.1, 0.15) is 0 Å². The summed E-state index contributed by atoms with van der Waals surface area (Å²) >= 11 is 0. The molecule has 29 heavy (non-hydrogen) atoms. The summed E-state index contributed by atoms with van der Waals surface area (Å²) in [5.41, 5.74) is 3.21. The van der Waals surface area contributed by atoms with Gasteiger partial charge in [-0.15, -0.1) is 0 Å². The second kappa shape index (κ2) is 8.59. The summed E-state index contributed by atoms with van der Waals surface area (Å²) in [6.45, 7) is 0.836. The number of nitrogens with one attached hydrogen (secondary N) is 1. The van der Waals surface area contributed by atoms with Crippen molar-refractivity contribution < 1.29 is 14.3 Å². The van der Waals surface area contributed by atoms with E-state index in [4.69, 9.17) is 4.74 Å². The molecule has 1 aliphatic carbocycles. The Kier molecular flexibility index (Phi) is 5.74. The van der Waals surface area contributed by atoms with Gasteiger partial charge in [0.15, 0.2) is 0 Å². The molecule has 0 spiro atoms. The lowest BCUT2D eigenvalue weighted by Crippen LogP contribution is -2.33. The Bertz CT molecular complexity index is 894. The van der Waals surface area contributed by atoms with E-state index < -0.39 is 0 Å². The molecule has 0 bridgehead atoms. The second-order valence-electron chi connectivity index (χ2n) is 7.65. The molecule has 7 nitrogen and oxygen atoms in total. The molecule has 1 aliphatic heterocycles. The van der Waals surface area contributed by atoms with Crippen LogP contribution in [0.3, 0.4) is 0 Å². The van der Waals surface area contributed by atoms with Crippen molar-refractivity contribution in [2.24, 2.45) is 0 Å². The van der Waals surface area contributed by atoms with Crippen LogP contribution in [0.15, 0.2) is 30.6 Å². The molecular formula is C22H26N4O3. The molecule has 2 amide bonds. The lowest BCUT2D eigenvalue weighted by atomic mass is 10.1. The molecule has 2 aliphatic rings. The topological polar surface area (TPSA) is 84.4 Å². The average molecular weight is 394 g/mol. The first-order chi connectivity index (χ1) is 14.2. The molecule has 0 saturated heterocycles. The maximum Gasteiger partial charge on any atom is 0.256 e. The molecule has 152 valence electrons. The molecule has 2 aromatic heterocycles. The Labute approximate surface area is 170 Å². The van der Waals surface area contributed by atoms with E-state index in [2.05, 4.69) is 15.3 Å². The highest BCUT2D eigenvalue weighted by Gasteiger charge is 2.35. The van der Waals surface area contributed by atoms with Crippen LogP contribution < -0.4 is 10.1 Å². The fourth-order valence-electron chi connectivity index (χ4n) is 4.17. The largest absolute Gasteiger partial charge is 0.481 e. The van der Waals surface area contributed by atoms with Crippen LogP contribution in [0.2, 0.25) is 0 Å². The van der Waals surface area contributed by atoms with E-state index in [1.165, 1.54) is 12.8 Å². The first-order valence-electron chi connectivity index (χ1n) is 10.2. The maximum atomic E-state index is 12.9. The van der Waals surface area contributed by atoms with Crippen LogP contribution >= 0.6 is 0 Å². The minimum absolute atomic E-state index is 0.0484. The summed E-state index contributed by atoms with van der Waals surface area (Å²) in [5, 5.41) is 2.92. The molecule has 4 rings (SSSR count). The minimum Gasteiger partial charge on any atom is -0.481 e. The van der Waals surface area contributed by atoms with E-state index >= 15 is 0 Å². The van der Waals surface area contributed by atoms with Gasteiger partial charge in [-0.2, -0.15) is 0 Å². The van der Waals surface area contributed by atoms with Crippen molar-refractivity contribution >= 4 is 11.8 Å². The smallest absolute Gasteiger partial charge is 0.256 e. The van der Waals surface area contributed by atoms with Gasteiger partial charge in [-0.3, -0.25) is 14.6 Å². The van der Waals surface area contributed by atoms with Crippen LogP contribution in [0.25, 0.3) is 0 Å². The predicted octanol–water partition coefficient (Wildman–Crippen LogP) is 2.63. The van der Waals surface area contributed by atoms with Crippen molar-refractivity contribution in [2.75, 3.05) is 7.11 Å². The van der Waals surface area contributed by atoms with E-state index in [9.17, 15) is 9.59 Å². The van der Waals surface area contributed by atoms with Gasteiger partial charge in [-0.1, -0.05) is 12.8 Å². The van der Waals surface area contributed by atoms with Gasteiger partial charge in [-0.25, -0.2) is 4.98 Å². The molecule has 7 heteroatoms. The molecule has 1 saturated carbocycles. The Morgan fingerprint density at radius 1 is 1.28 bits per heavy atom. The lowest BCUT2D eigenvalue weighted by molar-refractivity contribution is -0.121. The number of nitrogens with zero attached hydrogens (tertiary/aromatic N) is 3. The molecular weight excluding hydrogens is 368 g/mol. The van der Waals surface area contributed by atoms with E-state index in [1.807, 2.05) is 23.1 Å². The number of aryl methyl sites for hydroxylation is 1. The zero-order valence-corrected chi connectivity index (χ0v) is 16.7. The SMILES string of the molecule is COc1nc2c(cc1CNC(=O)CCc1ccncc1)C(=O)N(C1CCCC1)C2. The number of carbonyl (C=O) groups is 2. The third-order valence-electron chi connectivity index (χ3n) is 5.78. The van der Waals surface area contributed by atoms with E-state index in [0.29, 0.717) is 36.9 Å². The number of hydrogen-bond donors (Lipinski definition) is 1. The fraction of sp³-hybridized carbons (Fsp3) is 0.455. The van der Waals surface area contributed by atoms with Gasteiger partial charge >= 0.3 is 0 Å². The molecule has 3 heterocycles. The number of hydrogen-bond acceptors (Lipinski definition) is 5. The summed E-state index contributed by atoms with van der Waals surface area (Å²) < 4.78 is 5.43. The van der Waals surface area contributed by atoms with Gasteiger partial charge in [-0.05, 0) is 43.0 Å². The number of pyridine rings is 2. The summed E-state index contributed by atoms with van der Waals surface area (Å²) in [4.78, 5) is 35.6. The Balaban J connectivity index is 1.40. The van der Waals surface area contributed by atoms with E-state index in [-0.39, 0.29) is 18.4 Å². The third-order valence-corrected chi connectivity index (χ3v) is 5.78. The second-order valence-corrected chi connectivity index (χ2v) is 7.65. The molecule has 2 aromatic rings. The highest BCUT2D eigenvalue weighted by atomic mass is 16.5. The van der Waals surface area contributed by atoms with Crippen LogP contribution in [-0.2, 0) is 24.3 Å². The number of carbonyl (C=O) groups excluding carboxylic acids is 2. The van der Waals surface area contributed by atoms with E-state index in [1.54, 1.807) is 19.5 Å². The summed E-state index contributed by atoms with van der Waals surface area (Å²) in [6.07, 6.45) is 8.98. The number of methoxy groups -OCH3 is 1. The quantitative estimate of drug-likeness (QED) is 0.780. The van der Waals surface area contributed by atoms with E-state index in [0.717, 1.165) is 29.7 Å². The number of ether oxygens (including phenoxy) is 1. The van der Waals surface area contributed by atoms with Crippen molar-refractivity contribution in [1.82, 2.24) is 20.2 Å². The summed E-state index contributed by atoms with van der Waals surface area (Å²) in [5.74, 6) is 0.467. The van der Waals surface area contributed by atoms with Crippen molar-refractivity contribution in [2.45, 2.75) is 57.7 Å². The number of rotatable bonds is 7.